The summed E-state index contributed by atoms with van der Waals surface area (Å²) in [7, 11) is -4.29. The molecule has 0 aliphatic heterocycles. The van der Waals surface area contributed by atoms with Gasteiger partial charge in [-0.25, -0.2) is 12.8 Å². The number of hydrogen-bond donors (Lipinski definition) is 1. The molecular formula is C41H40FN3O5S. The number of sulfonamides is 1. The van der Waals surface area contributed by atoms with E-state index in [1.165, 1.54) is 23.1 Å². The standard InChI is InChI=1S/C41H40FN3O5S/c42-38-23-13-10-16-32(38)29-44(39(28-31-14-4-1-5-15-31)41(47)43-33-17-11-12-18-33)40(46)30-45(51(48,49)37-21-8-3-9-22-37)34-24-26-36(27-25-34)50-35-19-6-2-7-20-35/h1-10,13-16,19-27,33,39H,11-12,17-18,28-30H2,(H,43,47)/t39-/m0/s1. The van der Waals surface area contributed by atoms with E-state index < -0.39 is 34.3 Å². The molecule has 5 aromatic rings. The van der Waals surface area contributed by atoms with Crippen LogP contribution < -0.4 is 14.4 Å². The molecule has 262 valence electrons. The van der Waals surface area contributed by atoms with Crippen molar-refractivity contribution >= 4 is 27.5 Å². The number of rotatable bonds is 14. The van der Waals surface area contributed by atoms with Crippen LogP contribution in [0.25, 0.3) is 0 Å². The fraction of sp³-hybridized carbons (Fsp3) is 0.220. The Morgan fingerprint density at radius 2 is 1.31 bits per heavy atom. The van der Waals surface area contributed by atoms with E-state index in [1.54, 1.807) is 72.8 Å². The molecular weight excluding hydrogens is 666 g/mol. The number of nitrogens with one attached hydrogen (secondary N) is 1. The third kappa shape index (κ3) is 9.01. The second kappa shape index (κ2) is 16.5. The molecule has 5 aromatic carbocycles. The summed E-state index contributed by atoms with van der Waals surface area (Å²) in [5.41, 5.74) is 1.23. The van der Waals surface area contributed by atoms with Gasteiger partial charge in [-0.15, -0.1) is 0 Å². The van der Waals surface area contributed by atoms with Crippen molar-refractivity contribution in [2.45, 2.75) is 55.6 Å². The van der Waals surface area contributed by atoms with Gasteiger partial charge in [0.2, 0.25) is 11.8 Å². The molecule has 10 heteroatoms. The van der Waals surface area contributed by atoms with Crippen LogP contribution in [0.15, 0.2) is 144 Å². The van der Waals surface area contributed by atoms with Crippen LogP contribution >= 0.6 is 0 Å². The zero-order valence-corrected chi connectivity index (χ0v) is 28.9. The van der Waals surface area contributed by atoms with Gasteiger partial charge in [0.1, 0.15) is 29.9 Å². The van der Waals surface area contributed by atoms with Gasteiger partial charge in [0.25, 0.3) is 10.0 Å². The van der Waals surface area contributed by atoms with E-state index in [0.29, 0.717) is 11.5 Å². The van der Waals surface area contributed by atoms with Crippen molar-refractivity contribution in [1.82, 2.24) is 10.2 Å². The van der Waals surface area contributed by atoms with E-state index in [-0.39, 0.29) is 41.1 Å². The maximum absolute atomic E-state index is 15.2. The van der Waals surface area contributed by atoms with Gasteiger partial charge < -0.3 is 15.0 Å². The number of halogens is 1. The number of carbonyl (C=O) groups excluding carboxylic acids is 2. The second-order valence-electron chi connectivity index (χ2n) is 12.5. The Kier molecular flexibility index (Phi) is 11.4. The minimum atomic E-state index is -4.29. The summed E-state index contributed by atoms with van der Waals surface area (Å²) >= 11 is 0. The third-order valence-corrected chi connectivity index (χ3v) is 10.8. The van der Waals surface area contributed by atoms with Crippen molar-refractivity contribution < 1.29 is 27.1 Å². The normalized spacial score (nSPS) is 13.7. The van der Waals surface area contributed by atoms with Gasteiger partial charge in [0.05, 0.1) is 10.6 Å². The van der Waals surface area contributed by atoms with Gasteiger partial charge in [-0.2, -0.15) is 0 Å². The number of amides is 2. The number of nitrogens with zero attached hydrogens (tertiary/aromatic N) is 2. The lowest BCUT2D eigenvalue weighted by molar-refractivity contribution is -0.140. The highest BCUT2D eigenvalue weighted by atomic mass is 32.2. The van der Waals surface area contributed by atoms with Crippen molar-refractivity contribution in [3.63, 3.8) is 0 Å². The average Bonchev–Trinajstić information content (AvgIpc) is 3.67. The zero-order chi connectivity index (χ0) is 35.6. The van der Waals surface area contributed by atoms with E-state index in [2.05, 4.69) is 5.32 Å². The number of ether oxygens (including phenoxy) is 1. The van der Waals surface area contributed by atoms with Gasteiger partial charge in [-0.3, -0.25) is 13.9 Å². The molecule has 1 atom stereocenters. The van der Waals surface area contributed by atoms with Crippen LogP contribution in [-0.2, 0) is 32.6 Å². The lowest BCUT2D eigenvalue weighted by Gasteiger charge is -2.34. The van der Waals surface area contributed by atoms with Gasteiger partial charge >= 0.3 is 0 Å². The molecule has 1 saturated carbocycles. The minimum Gasteiger partial charge on any atom is -0.457 e. The second-order valence-corrected chi connectivity index (χ2v) is 14.4. The van der Waals surface area contributed by atoms with Crippen molar-refractivity contribution in [2.75, 3.05) is 10.8 Å². The molecule has 2 amide bonds. The lowest BCUT2D eigenvalue weighted by Crippen LogP contribution is -2.54. The molecule has 1 aliphatic carbocycles. The Bertz CT molecular complexity index is 2010. The highest BCUT2D eigenvalue weighted by Gasteiger charge is 2.36. The molecule has 0 unspecified atom stereocenters. The Hall–Kier alpha value is -5.48. The summed E-state index contributed by atoms with van der Waals surface area (Å²) in [5, 5.41) is 3.13. The first-order valence-electron chi connectivity index (χ1n) is 17.1. The van der Waals surface area contributed by atoms with E-state index in [1.807, 2.05) is 48.5 Å². The number of benzene rings is 5. The summed E-state index contributed by atoms with van der Waals surface area (Å²) in [5.74, 6) is -0.479. The van der Waals surface area contributed by atoms with Crippen LogP contribution in [0.2, 0.25) is 0 Å². The SMILES string of the molecule is O=C(NC1CCCC1)[C@H](Cc1ccccc1)N(Cc1ccccc1F)C(=O)CN(c1ccc(Oc2ccccc2)cc1)S(=O)(=O)c1ccccc1. The molecule has 0 bridgehead atoms. The lowest BCUT2D eigenvalue weighted by atomic mass is 10.0. The van der Waals surface area contributed by atoms with Gasteiger partial charge in [-0.05, 0) is 73.0 Å². The molecule has 6 rings (SSSR count). The van der Waals surface area contributed by atoms with Crippen molar-refractivity contribution in [2.24, 2.45) is 0 Å². The largest absolute Gasteiger partial charge is 0.457 e. The quantitative estimate of drug-likeness (QED) is 0.129. The van der Waals surface area contributed by atoms with E-state index in [9.17, 15) is 18.0 Å². The van der Waals surface area contributed by atoms with Crippen molar-refractivity contribution in [1.29, 1.82) is 0 Å². The molecule has 1 N–H and O–H groups in total. The van der Waals surface area contributed by atoms with Crippen LogP contribution in [0.4, 0.5) is 10.1 Å². The van der Waals surface area contributed by atoms with Crippen LogP contribution in [0, 0.1) is 5.82 Å². The Balaban J connectivity index is 1.38. The maximum Gasteiger partial charge on any atom is 0.264 e. The van der Waals surface area contributed by atoms with Gasteiger partial charge in [0, 0.05) is 24.6 Å². The van der Waals surface area contributed by atoms with Crippen LogP contribution in [0.3, 0.4) is 0 Å². The topological polar surface area (TPSA) is 96.0 Å². The van der Waals surface area contributed by atoms with Crippen LogP contribution in [-0.4, -0.2) is 43.8 Å². The fourth-order valence-corrected chi connectivity index (χ4v) is 7.72. The fourth-order valence-electron chi connectivity index (χ4n) is 6.29. The summed E-state index contributed by atoms with van der Waals surface area (Å²) in [6, 6.07) is 37.7. The van der Waals surface area contributed by atoms with Crippen molar-refractivity contribution in [3.8, 4) is 11.5 Å². The number of para-hydroxylation sites is 1. The van der Waals surface area contributed by atoms with E-state index >= 15 is 4.39 Å². The predicted octanol–water partition coefficient (Wildman–Crippen LogP) is 7.51. The number of carbonyl (C=O) groups is 2. The molecule has 0 radical (unpaired) electrons. The summed E-state index contributed by atoms with van der Waals surface area (Å²) in [4.78, 5) is 30.1. The average molecular weight is 706 g/mol. The van der Waals surface area contributed by atoms with Gasteiger partial charge in [-0.1, -0.05) is 97.8 Å². The minimum absolute atomic E-state index is 0.0112. The highest BCUT2D eigenvalue weighted by molar-refractivity contribution is 7.92. The number of anilines is 1. The highest BCUT2D eigenvalue weighted by Crippen LogP contribution is 2.29. The summed E-state index contributed by atoms with van der Waals surface area (Å²) in [6.45, 7) is -0.892. The maximum atomic E-state index is 15.2. The molecule has 51 heavy (non-hydrogen) atoms. The molecule has 0 spiro atoms. The first-order valence-corrected chi connectivity index (χ1v) is 18.5. The smallest absolute Gasteiger partial charge is 0.264 e. The van der Waals surface area contributed by atoms with Crippen molar-refractivity contribution in [3.05, 3.63) is 156 Å². The Morgan fingerprint density at radius 1 is 0.745 bits per heavy atom. The first-order chi connectivity index (χ1) is 24.8. The molecule has 0 saturated heterocycles. The molecule has 1 aliphatic rings. The zero-order valence-electron chi connectivity index (χ0n) is 28.1. The monoisotopic (exact) mass is 705 g/mol. The molecule has 0 aromatic heterocycles. The van der Waals surface area contributed by atoms with Crippen LogP contribution in [0.5, 0.6) is 11.5 Å². The third-order valence-electron chi connectivity index (χ3n) is 8.98. The van der Waals surface area contributed by atoms with E-state index in [4.69, 9.17) is 4.74 Å². The Morgan fingerprint density at radius 3 is 1.96 bits per heavy atom. The van der Waals surface area contributed by atoms with E-state index in [0.717, 1.165) is 35.6 Å². The summed E-state index contributed by atoms with van der Waals surface area (Å²) in [6.07, 6.45) is 3.80. The van der Waals surface area contributed by atoms with Crippen LogP contribution in [0.1, 0.15) is 36.8 Å². The number of hydrogen-bond acceptors (Lipinski definition) is 5. The summed E-state index contributed by atoms with van der Waals surface area (Å²) < 4.78 is 50.7. The Labute approximate surface area is 298 Å². The molecule has 1 fully saturated rings. The van der Waals surface area contributed by atoms with Gasteiger partial charge in [0.15, 0.2) is 0 Å². The predicted molar refractivity (Wildman–Crippen MR) is 195 cm³/mol. The molecule has 0 heterocycles. The first kappa shape index (κ1) is 35.3. The molecule has 8 nitrogen and oxygen atoms in total.